The van der Waals surface area contributed by atoms with Crippen LogP contribution in [0.2, 0.25) is 0 Å². The number of hydrogen-bond donors (Lipinski definition) is 0. The average molecular weight is 571 g/mol. The highest BCUT2D eigenvalue weighted by atomic mass is 16.5. The van der Waals surface area contributed by atoms with Crippen molar-refractivity contribution < 1.29 is 42.9 Å². The zero-order valence-corrected chi connectivity index (χ0v) is 23.3. The third-order valence-electron chi connectivity index (χ3n) is 6.62. The van der Waals surface area contributed by atoms with Crippen LogP contribution < -0.4 is 14.2 Å². The number of hydrogen-bond acceptors (Lipinski definition) is 9. The minimum absolute atomic E-state index is 0.0104. The molecule has 0 saturated carbocycles. The van der Waals surface area contributed by atoms with Gasteiger partial charge in [0.25, 0.3) is 0 Å². The van der Waals surface area contributed by atoms with E-state index in [9.17, 15) is 19.2 Å². The molecule has 0 aromatic heterocycles. The Bertz CT molecular complexity index is 1540. The molecule has 3 aromatic rings. The highest BCUT2D eigenvalue weighted by molar-refractivity contribution is 5.94. The number of carbonyl (C=O) groups excluding carboxylic acids is 4. The van der Waals surface area contributed by atoms with Gasteiger partial charge in [0.05, 0.1) is 32.3 Å². The van der Waals surface area contributed by atoms with Gasteiger partial charge in [-0.05, 0) is 70.8 Å². The van der Waals surface area contributed by atoms with Crippen molar-refractivity contribution in [2.45, 2.75) is 25.7 Å². The molecule has 0 aliphatic heterocycles. The highest BCUT2D eigenvalue weighted by Gasteiger charge is 2.27. The van der Waals surface area contributed by atoms with Gasteiger partial charge in [0, 0.05) is 24.0 Å². The summed E-state index contributed by atoms with van der Waals surface area (Å²) >= 11 is 0. The largest absolute Gasteiger partial charge is 0.493 e. The van der Waals surface area contributed by atoms with Crippen molar-refractivity contribution in [1.82, 2.24) is 0 Å². The van der Waals surface area contributed by atoms with E-state index in [4.69, 9.17) is 18.9 Å². The molecule has 0 amide bonds. The molecule has 0 heterocycles. The summed E-state index contributed by atoms with van der Waals surface area (Å²) in [7, 11) is 1.23. The van der Waals surface area contributed by atoms with Crippen molar-refractivity contribution in [3.63, 3.8) is 0 Å². The second-order valence-electron chi connectivity index (χ2n) is 9.45. The molecule has 1 aliphatic rings. The van der Waals surface area contributed by atoms with Crippen LogP contribution in [0.5, 0.6) is 17.2 Å². The van der Waals surface area contributed by atoms with E-state index >= 15 is 0 Å². The maximum atomic E-state index is 12.9. The number of rotatable bonds is 12. The molecule has 3 aromatic carbocycles. The topological polar surface area (TPSA) is 114 Å². The van der Waals surface area contributed by atoms with E-state index < -0.39 is 23.9 Å². The maximum Gasteiger partial charge on any atom is 0.343 e. The Kier molecular flexibility index (Phi) is 9.54. The molecule has 1 aliphatic carbocycles. The Morgan fingerprint density at radius 2 is 1.48 bits per heavy atom. The molecule has 42 heavy (non-hydrogen) atoms. The van der Waals surface area contributed by atoms with Crippen LogP contribution in [-0.2, 0) is 23.9 Å². The SMILES string of the molecule is C=CC(=O)Oc1ccc2c(c1)C(C)c1cc(C(=O)Oc3ccc(OCCCOC(=O)C(=C)CC(=O)OC)cc3)ccc1-2. The summed E-state index contributed by atoms with van der Waals surface area (Å²) < 4.78 is 26.0. The Morgan fingerprint density at radius 3 is 2.17 bits per heavy atom. The molecule has 4 rings (SSSR count). The van der Waals surface area contributed by atoms with Gasteiger partial charge in [-0.2, -0.15) is 0 Å². The lowest BCUT2D eigenvalue weighted by molar-refractivity contribution is -0.144. The number of esters is 4. The van der Waals surface area contributed by atoms with E-state index in [1.165, 1.54) is 7.11 Å². The Hall–Kier alpha value is -5.18. The molecule has 1 unspecified atom stereocenters. The summed E-state index contributed by atoms with van der Waals surface area (Å²) in [6.45, 7) is 9.35. The number of fused-ring (bicyclic) bond motifs is 3. The molecule has 9 nitrogen and oxygen atoms in total. The predicted octanol–water partition coefficient (Wildman–Crippen LogP) is 5.56. The molecule has 1 atom stereocenters. The number of benzene rings is 3. The van der Waals surface area contributed by atoms with E-state index in [0.29, 0.717) is 29.2 Å². The van der Waals surface area contributed by atoms with Crippen LogP contribution in [0.3, 0.4) is 0 Å². The van der Waals surface area contributed by atoms with Gasteiger partial charge in [-0.3, -0.25) is 4.79 Å². The van der Waals surface area contributed by atoms with Crippen LogP contribution in [0, 0.1) is 0 Å². The van der Waals surface area contributed by atoms with Crippen LogP contribution in [0.15, 0.2) is 85.5 Å². The molecular weight excluding hydrogens is 540 g/mol. The molecule has 216 valence electrons. The van der Waals surface area contributed by atoms with Crippen LogP contribution >= 0.6 is 0 Å². The quantitative estimate of drug-likeness (QED) is 0.119. The molecule has 9 heteroatoms. The van der Waals surface area contributed by atoms with Gasteiger partial charge in [-0.25, -0.2) is 14.4 Å². The molecule has 0 spiro atoms. The Balaban J connectivity index is 1.27. The fourth-order valence-corrected chi connectivity index (χ4v) is 4.43. The van der Waals surface area contributed by atoms with Gasteiger partial charge >= 0.3 is 23.9 Å². The molecule has 0 saturated heterocycles. The van der Waals surface area contributed by atoms with Crippen LogP contribution in [0.25, 0.3) is 11.1 Å². The molecule has 0 N–H and O–H groups in total. The van der Waals surface area contributed by atoms with Crippen LogP contribution in [-0.4, -0.2) is 44.2 Å². The van der Waals surface area contributed by atoms with E-state index in [1.54, 1.807) is 36.4 Å². The first kappa shape index (κ1) is 29.8. The molecule has 0 fully saturated rings. The standard InChI is InChI=1S/C33H30O9/c1-5-30(34)41-25-12-14-27-26-13-7-22(18-28(26)21(3)29(27)19-25)33(37)42-24-10-8-23(9-11-24)39-15-6-16-40-32(36)20(2)17-31(35)38-4/h5,7-14,18-19,21H,1-2,6,15-17H2,3-4H3. The third-order valence-corrected chi connectivity index (χ3v) is 6.62. The van der Waals surface area contributed by atoms with Crippen molar-refractivity contribution >= 4 is 23.9 Å². The lowest BCUT2D eigenvalue weighted by Crippen LogP contribution is -2.13. The van der Waals surface area contributed by atoms with Gasteiger partial charge in [-0.1, -0.05) is 32.2 Å². The smallest absolute Gasteiger partial charge is 0.343 e. The highest BCUT2D eigenvalue weighted by Crippen LogP contribution is 2.46. The molecular formula is C33H30O9. The van der Waals surface area contributed by atoms with E-state index in [2.05, 4.69) is 17.9 Å². The summed E-state index contributed by atoms with van der Waals surface area (Å²) in [5.41, 5.74) is 4.45. The maximum absolute atomic E-state index is 12.9. The monoisotopic (exact) mass is 570 g/mol. The summed E-state index contributed by atoms with van der Waals surface area (Å²) in [6, 6.07) is 17.5. The minimum Gasteiger partial charge on any atom is -0.493 e. The fourth-order valence-electron chi connectivity index (χ4n) is 4.43. The van der Waals surface area contributed by atoms with E-state index in [-0.39, 0.29) is 31.1 Å². The van der Waals surface area contributed by atoms with Crippen molar-refractivity contribution in [1.29, 1.82) is 0 Å². The lowest BCUT2D eigenvalue weighted by Gasteiger charge is -2.10. The van der Waals surface area contributed by atoms with Gasteiger partial charge in [-0.15, -0.1) is 0 Å². The number of carbonyl (C=O) groups is 4. The first-order chi connectivity index (χ1) is 20.2. The average Bonchev–Trinajstić information content (AvgIpc) is 3.27. The van der Waals surface area contributed by atoms with E-state index in [0.717, 1.165) is 28.3 Å². The van der Waals surface area contributed by atoms with Crippen molar-refractivity contribution in [2.75, 3.05) is 20.3 Å². The summed E-state index contributed by atoms with van der Waals surface area (Å²) in [6.07, 6.45) is 1.32. The summed E-state index contributed by atoms with van der Waals surface area (Å²) in [4.78, 5) is 47.5. The zero-order chi connectivity index (χ0) is 30.2. The first-order valence-corrected chi connectivity index (χ1v) is 13.2. The van der Waals surface area contributed by atoms with Gasteiger partial charge < -0.3 is 23.7 Å². The van der Waals surface area contributed by atoms with Gasteiger partial charge in [0.1, 0.15) is 17.2 Å². The fraction of sp³-hybridized carbons (Fsp3) is 0.212. The zero-order valence-electron chi connectivity index (χ0n) is 23.3. The normalized spacial score (nSPS) is 12.8. The summed E-state index contributed by atoms with van der Waals surface area (Å²) in [5.74, 6) is -0.902. The second-order valence-corrected chi connectivity index (χ2v) is 9.45. The molecule has 0 radical (unpaired) electrons. The lowest BCUT2D eigenvalue weighted by atomic mass is 9.98. The van der Waals surface area contributed by atoms with Gasteiger partial charge in [0.15, 0.2) is 0 Å². The Morgan fingerprint density at radius 1 is 0.833 bits per heavy atom. The van der Waals surface area contributed by atoms with Crippen LogP contribution in [0.1, 0.15) is 47.2 Å². The second kappa shape index (κ2) is 13.5. The van der Waals surface area contributed by atoms with E-state index in [1.807, 2.05) is 31.2 Å². The van der Waals surface area contributed by atoms with Gasteiger partial charge in [0.2, 0.25) is 0 Å². The van der Waals surface area contributed by atoms with Crippen molar-refractivity contribution in [2.24, 2.45) is 0 Å². The van der Waals surface area contributed by atoms with Crippen molar-refractivity contribution in [3.8, 4) is 28.4 Å². The third kappa shape index (κ3) is 7.11. The first-order valence-electron chi connectivity index (χ1n) is 13.2. The Labute approximate surface area is 243 Å². The predicted molar refractivity (Wildman–Crippen MR) is 153 cm³/mol. The summed E-state index contributed by atoms with van der Waals surface area (Å²) in [5, 5.41) is 0. The molecule has 0 bridgehead atoms. The number of methoxy groups -OCH3 is 1. The minimum atomic E-state index is -0.658. The van der Waals surface area contributed by atoms with Crippen LogP contribution in [0.4, 0.5) is 0 Å². The number of ether oxygens (including phenoxy) is 5. The van der Waals surface area contributed by atoms with Crippen molar-refractivity contribution in [3.05, 3.63) is 102 Å².